The van der Waals surface area contributed by atoms with Crippen LogP contribution in [0.4, 0.5) is 0 Å². The van der Waals surface area contributed by atoms with E-state index in [0.29, 0.717) is 10.9 Å². The Morgan fingerprint density at radius 1 is 0.306 bits per heavy atom. The van der Waals surface area contributed by atoms with Crippen LogP contribution in [-0.2, 0) is 0 Å². The Kier molecular flexibility index (Phi) is 3.25. The molecule has 0 spiro atoms. The van der Waals surface area contributed by atoms with E-state index in [1.165, 1.54) is 32.3 Å². The van der Waals surface area contributed by atoms with E-state index in [4.69, 9.17) is 0 Å². The maximum absolute atomic E-state index is 9.95. The summed E-state index contributed by atoms with van der Waals surface area (Å²) in [5.74, 6) is 0. The third-order valence-corrected chi connectivity index (χ3v) is 8.32. The number of benzene rings is 9. The first kappa shape index (κ1) is 19.3. The minimum Gasteiger partial charge on any atom is -0.423 e. The first-order valence-corrected chi connectivity index (χ1v) is 12.1. The van der Waals surface area contributed by atoms with Crippen molar-refractivity contribution < 1.29 is 20.1 Å². The molecule has 9 aromatic rings. The van der Waals surface area contributed by atoms with Crippen LogP contribution in [0.5, 0.6) is 0 Å². The van der Waals surface area contributed by atoms with Gasteiger partial charge in [-0.3, -0.25) is 0 Å². The highest BCUT2D eigenvalue weighted by Crippen LogP contribution is 2.51. The Morgan fingerprint density at radius 3 is 0.833 bits per heavy atom. The van der Waals surface area contributed by atoms with Crippen LogP contribution in [0.2, 0.25) is 0 Å². The average Bonchev–Trinajstić information content (AvgIpc) is 2.87. The molecule has 0 saturated heterocycles. The van der Waals surface area contributed by atoms with Gasteiger partial charge in [-0.1, -0.05) is 48.5 Å². The SMILES string of the molecule is OB(O)c1cc2cc3ccc4cc5cc(B(O)O)cc6cc7ccc8cc(c1)c2c1c3c4c(c56)c7c81. The highest BCUT2D eigenvalue weighted by Gasteiger charge is 2.25. The second-order valence-electron chi connectivity index (χ2n) is 10.2. The van der Waals surface area contributed by atoms with Crippen molar-refractivity contribution in [2.45, 2.75) is 0 Å². The van der Waals surface area contributed by atoms with E-state index in [-0.39, 0.29) is 0 Å². The minimum atomic E-state index is -1.53. The second-order valence-corrected chi connectivity index (χ2v) is 10.2. The predicted molar refractivity (Wildman–Crippen MR) is 151 cm³/mol. The zero-order valence-corrected chi connectivity index (χ0v) is 18.9. The summed E-state index contributed by atoms with van der Waals surface area (Å²) in [4.78, 5) is 0. The molecule has 0 aliphatic carbocycles. The van der Waals surface area contributed by atoms with Crippen molar-refractivity contribution >= 4 is 111 Å². The Morgan fingerprint density at radius 2 is 0.583 bits per heavy atom. The van der Waals surface area contributed by atoms with Crippen molar-refractivity contribution in [1.29, 1.82) is 0 Å². The quantitative estimate of drug-likeness (QED) is 0.178. The number of hydrogen-bond donors (Lipinski definition) is 4. The van der Waals surface area contributed by atoms with Gasteiger partial charge in [0.1, 0.15) is 0 Å². The van der Waals surface area contributed by atoms with E-state index in [9.17, 15) is 20.1 Å². The summed E-state index contributed by atoms with van der Waals surface area (Å²) in [6, 6.07) is 24.8. The fraction of sp³-hybridized carbons (Fsp3) is 0. The van der Waals surface area contributed by atoms with Gasteiger partial charge in [0.05, 0.1) is 0 Å². The lowest BCUT2D eigenvalue weighted by Crippen LogP contribution is -2.29. The van der Waals surface area contributed by atoms with Crippen molar-refractivity contribution in [3.05, 3.63) is 72.8 Å². The standard InChI is InChI=1S/C30H16B2O4/c33-31(34)21-9-17-5-13-1-2-14-6-18-10-22(32(35)36)12-20-8-16-4-3-15-7-19(11-21)23(17)29-25(13)26(14)30(24(18)20)28(16)27(15)29/h1-12,33-36H. The zero-order chi connectivity index (χ0) is 24.0. The fourth-order valence-corrected chi connectivity index (χ4v) is 7.00. The molecule has 0 unspecified atom stereocenters. The summed E-state index contributed by atoms with van der Waals surface area (Å²) in [6.45, 7) is 0. The molecule has 0 saturated carbocycles. The first-order chi connectivity index (χ1) is 17.5. The zero-order valence-electron chi connectivity index (χ0n) is 18.9. The summed E-state index contributed by atoms with van der Waals surface area (Å²) in [5, 5.41) is 58.0. The van der Waals surface area contributed by atoms with Gasteiger partial charge in [-0.15, -0.1) is 0 Å². The molecule has 0 atom stereocenters. The third kappa shape index (κ3) is 2.10. The van der Waals surface area contributed by atoms with Crippen LogP contribution in [0, 0.1) is 0 Å². The van der Waals surface area contributed by atoms with Gasteiger partial charge in [-0.25, -0.2) is 0 Å². The molecule has 0 amide bonds. The van der Waals surface area contributed by atoms with E-state index in [1.807, 2.05) is 24.3 Å². The van der Waals surface area contributed by atoms with Gasteiger partial charge in [-0.2, -0.15) is 0 Å². The first-order valence-electron chi connectivity index (χ1n) is 12.1. The normalized spacial score (nSPS) is 13.0. The lowest BCUT2D eigenvalue weighted by Gasteiger charge is -2.24. The maximum atomic E-state index is 9.95. The monoisotopic (exact) mass is 462 g/mol. The molecule has 0 bridgehead atoms. The van der Waals surface area contributed by atoms with Gasteiger partial charge < -0.3 is 20.1 Å². The van der Waals surface area contributed by atoms with Crippen LogP contribution < -0.4 is 10.9 Å². The molecule has 0 fully saturated rings. The van der Waals surface area contributed by atoms with Crippen molar-refractivity contribution in [3.8, 4) is 0 Å². The van der Waals surface area contributed by atoms with Crippen LogP contribution in [0.3, 0.4) is 0 Å². The van der Waals surface area contributed by atoms with Gasteiger partial charge in [0.25, 0.3) is 0 Å². The predicted octanol–water partition coefficient (Wildman–Crippen LogP) is 4.02. The summed E-state index contributed by atoms with van der Waals surface area (Å²) in [6.07, 6.45) is 0. The Labute approximate surface area is 204 Å². The van der Waals surface area contributed by atoms with E-state index in [2.05, 4.69) is 48.5 Å². The van der Waals surface area contributed by atoms with Crippen molar-refractivity contribution in [2.24, 2.45) is 0 Å². The summed E-state index contributed by atoms with van der Waals surface area (Å²) >= 11 is 0. The van der Waals surface area contributed by atoms with E-state index >= 15 is 0 Å². The molecule has 166 valence electrons. The number of hydrogen-bond acceptors (Lipinski definition) is 4. The van der Waals surface area contributed by atoms with Crippen molar-refractivity contribution in [1.82, 2.24) is 0 Å². The molecule has 0 aliphatic rings. The van der Waals surface area contributed by atoms with Crippen LogP contribution in [0.25, 0.3) is 86.2 Å². The van der Waals surface area contributed by atoms with Crippen molar-refractivity contribution in [3.63, 3.8) is 0 Å². The van der Waals surface area contributed by atoms with Gasteiger partial charge in [0, 0.05) is 0 Å². The highest BCUT2D eigenvalue weighted by atomic mass is 16.4. The topological polar surface area (TPSA) is 80.9 Å². The van der Waals surface area contributed by atoms with Crippen LogP contribution >= 0.6 is 0 Å². The molecule has 36 heavy (non-hydrogen) atoms. The van der Waals surface area contributed by atoms with Crippen LogP contribution in [0.15, 0.2) is 72.8 Å². The summed E-state index contributed by atoms with van der Waals surface area (Å²) < 4.78 is 0. The second kappa shape index (κ2) is 6.06. The number of rotatable bonds is 2. The largest absolute Gasteiger partial charge is 0.488 e. The summed E-state index contributed by atoms with van der Waals surface area (Å²) in [7, 11) is -3.05. The molecular weight excluding hydrogens is 446 g/mol. The molecule has 4 nitrogen and oxygen atoms in total. The Bertz CT molecular complexity index is 2010. The lowest BCUT2D eigenvalue weighted by atomic mass is 9.74. The molecule has 0 aromatic heterocycles. The molecule has 0 aliphatic heterocycles. The van der Waals surface area contributed by atoms with E-state index in [1.54, 1.807) is 0 Å². The molecule has 6 heteroatoms. The minimum absolute atomic E-state index is 0.491. The molecule has 0 radical (unpaired) electrons. The smallest absolute Gasteiger partial charge is 0.423 e. The van der Waals surface area contributed by atoms with Gasteiger partial charge in [0.2, 0.25) is 0 Å². The van der Waals surface area contributed by atoms with Crippen molar-refractivity contribution in [2.75, 3.05) is 0 Å². The molecule has 9 rings (SSSR count). The maximum Gasteiger partial charge on any atom is 0.488 e. The fourth-order valence-electron chi connectivity index (χ4n) is 7.00. The lowest BCUT2D eigenvalue weighted by molar-refractivity contribution is 0.424. The van der Waals surface area contributed by atoms with Gasteiger partial charge in [0.15, 0.2) is 0 Å². The third-order valence-electron chi connectivity index (χ3n) is 8.32. The molecule has 0 heterocycles. The Hall–Kier alpha value is -3.93. The highest BCUT2D eigenvalue weighted by molar-refractivity contribution is 6.60. The average molecular weight is 462 g/mol. The summed E-state index contributed by atoms with van der Waals surface area (Å²) in [5.41, 5.74) is 0.981. The van der Waals surface area contributed by atoms with Gasteiger partial charge in [-0.05, 0) is 121 Å². The van der Waals surface area contributed by atoms with Crippen LogP contribution in [-0.4, -0.2) is 34.3 Å². The molecule has 4 N–H and O–H groups in total. The molecule has 9 aromatic carbocycles. The van der Waals surface area contributed by atoms with E-state index < -0.39 is 14.2 Å². The Balaban J connectivity index is 1.67. The van der Waals surface area contributed by atoms with Crippen LogP contribution in [0.1, 0.15) is 0 Å². The van der Waals surface area contributed by atoms with Gasteiger partial charge >= 0.3 is 14.2 Å². The molecular formula is C30H16B2O4. The van der Waals surface area contributed by atoms with E-state index in [0.717, 1.165) is 53.9 Å².